The number of carbonyl (C=O) groups is 1. The van der Waals surface area contributed by atoms with Crippen LogP contribution in [0, 0.1) is 0 Å². The first kappa shape index (κ1) is 27.5. The second kappa shape index (κ2) is 13.3. The van der Waals surface area contributed by atoms with E-state index < -0.39 is 17.3 Å². The van der Waals surface area contributed by atoms with Crippen LogP contribution in [0.2, 0.25) is 0 Å². The molecule has 2 atom stereocenters. The van der Waals surface area contributed by atoms with Crippen molar-refractivity contribution in [3.63, 3.8) is 0 Å². The van der Waals surface area contributed by atoms with Gasteiger partial charge in [0, 0.05) is 44.5 Å². The van der Waals surface area contributed by atoms with Crippen molar-refractivity contribution in [2.24, 2.45) is 0 Å². The number of aliphatic hydroxyl groups is 1. The number of rotatable bonds is 10. The fraction of sp³-hybridized carbons (Fsp3) is 0.538. The van der Waals surface area contributed by atoms with Gasteiger partial charge in [0.15, 0.2) is 10.6 Å². The molecule has 1 amide bonds. The van der Waals surface area contributed by atoms with E-state index in [9.17, 15) is 19.6 Å². The highest BCUT2D eigenvalue weighted by Gasteiger charge is 2.22. The van der Waals surface area contributed by atoms with Crippen LogP contribution in [-0.2, 0) is 15.9 Å². The molecule has 3 heterocycles. The number of phenolic OH excluding ortho intramolecular Hbond substituents is 1. The molecule has 0 saturated carbocycles. The van der Waals surface area contributed by atoms with E-state index in [4.69, 9.17) is 9.47 Å². The standard InChI is InChI=1S/C26H36N4O6S/c1-37(34)24-16-22(3-4-23(24)32)36-18-21(31)6-9-27-20-7-10-29(11-8-20)25-5-2-19(17-28-25)26(33)30-12-14-35-15-13-30/h2-5,16-17,20-21,27,31-32H,6-15,18H2,1H3. The minimum atomic E-state index is -1.32. The van der Waals surface area contributed by atoms with Crippen LogP contribution < -0.4 is 15.0 Å². The Bertz CT molecular complexity index is 1010. The molecular weight excluding hydrogens is 496 g/mol. The lowest BCUT2D eigenvalue weighted by molar-refractivity contribution is 0.0302. The number of amides is 1. The number of nitrogens with one attached hydrogen (secondary N) is 1. The van der Waals surface area contributed by atoms with Crippen molar-refractivity contribution in [2.75, 3.05) is 63.7 Å². The third-order valence-corrected chi connectivity index (χ3v) is 7.65. The summed E-state index contributed by atoms with van der Waals surface area (Å²) in [5.74, 6) is 1.32. The van der Waals surface area contributed by atoms with E-state index in [1.165, 1.54) is 18.4 Å². The lowest BCUT2D eigenvalue weighted by Gasteiger charge is -2.33. The highest BCUT2D eigenvalue weighted by atomic mass is 32.2. The zero-order valence-electron chi connectivity index (χ0n) is 21.2. The molecule has 2 aliphatic heterocycles. The average Bonchev–Trinajstić information content (AvgIpc) is 2.93. The van der Waals surface area contributed by atoms with Crippen molar-refractivity contribution in [3.8, 4) is 11.5 Å². The second-order valence-electron chi connectivity index (χ2n) is 9.36. The number of aromatic nitrogens is 1. The van der Waals surface area contributed by atoms with Crippen LogP contribution >= 0.6 is 0 Å². The first-order valence-corrected chi connectivity index (χ1v) is 14.2. The predicted molar refractivity (Wildman–Crippen MR) is 141 cm³/mol. The monoisotopic (exact) mass is 532 g/mol. The van der Waals surface area contributed by atoms with Crippen molar-refractivity contribution in [2.45, 2.75) is 36.3 Å². The maximum absolute atomic E-state index is 12.6. The Morgan fingerprint density at radius 2 is 2.00 bits per heavy atom. The van der Waals surface area contributed by atoms with Crippen LogP contribution in [0.4, 0.5) is 5.82 Å². The zero-order valence-corrected chi connectivity index (χ0v) is 22.0. The second-order valence-corrected chi connectivity index (χ2v) is 10.7. The van der Waals surface area contributed by atoms with E-state index in [1.807, 2.05) is 12.1 Å². The summed E-state index contributed by atoms with van der Waals surface area (Å²) in [5.41, 5.74) is 0.607. The van der Waals surface area contributed by atoms with E-state index in [0.29, 0.717) is 61.5 Å². The van der Waals surface area contributed by atoms with Gasteiger partial charge in [-0.05, 0) is 61.2 Å². The molecule has 2 aliphatic rings. The van der Waals surface area contributed by atoms with Crippen LogP contribution in [0.25, 0.3) is 0 Å². The molecule has 37 heavy (non-hydrogen) atoms. The molecular formula is C26H36N4O6S. The smallest absolute Gasteiger partial charge is 0.255 e. The lowest BCUT2D eigenvalue weighted by Crippen LogP contribution is -2.43. The molecule has 10 nitrogen and oxygen atoms in total. The Morgan fingerprint density at radius 3 is 2.68 bits per heavy atom. The maximum Gasteiger partial charge on any atom is 0.255 e. The zero-order chi connectivity index (χ0) is 26.2. The van der Waals surface area contributed by atoms with Crippen molar-refractivity contribution in [1.82, 2.24) is 15.2 Å². The van der Waals surface area contributed by atoms with Crippen LogP contribution in [0.15, 0.2) is 41.4 Å². The van der Waals surface area contributed by atoms with Crippen molar-refractivity contribution >= 4 is 22.9 Å². The normalized spacial score (nSPS) is 18.5. The number of nitrogens with zero attached hydrogens (tertiary/aromatic N) is 3. The van der Waals surface area contributed by atoms with Gasteiger partial charge in [-0.25, -0.2) is 4.98 Å². The van der Waals surface area contributed by atoms with Gasteiger partial charge in [0.2, 0.25) is 0 Å². The van der Waals surface area contributed by atoms with E-state index in [1.54, 1.807) is 17.2 Å². The summed E-state index contributed by atoms with van der Waals surface area (Å²) in [6.45, 7) is 4.93. The maximum atomic E-state index is 12.6. The third kappa shape index (κ3) is 7.71. The highest BCUT2D eigenvalue weighted by molar-refractivity contribution is 7.90. The average molecular weight is 533 g/mol. The Morgan fingerprint density at radius 1 is 1.24 bits per heavy atom. The Hall–Kier alpha value is -2.57. The number of ether oxygens (including phenoxy) is 2. The molecule has 3 N–H and O–H groups in total. The topological polar surface area (TPSA) is 130 Å². The van der Waals surface area contributed by atoms with E-state index in [-0.39, 0.29) is 18.3 Å². The van der Waals surface area contributed by atoms with Gasteiger partial charge < -0.3 is 39.4 Å². The molecule has 202 valence electrons. The lowest BCUT2D eigenvalue weighted by atomic mass is 10.0. The number of hydrogen-bond acceptors (Lipinski definition) is 9. The molecule has 1 aromatic carbocycles. The molecule has 0 radical (unpaired) electrons. The van der Waals surface area contributed by atoms with Crippen LogP contribution in [0.5, 0.6) is 11.5 Å². The van der Waals surface area contributed by atoms with Crippen molar-refractivity contribution < 1.29 is 29.0 Å². The van der Waals surface area contributed by atoms with Gasteiger partial charge >= 0.3 is 0 Å². The van der Waals surface area contributed by atoms with Crippen LogP contribution in [0.3, 0.4) is 0 Å². The van der Waals surface area contributed by atoms with Crippen molar-refractivity contribution in [1.29, 1.82) is 0 Å². The number of piperidine rings is 1. The molecule has 0 aliphatic carbocycles. The first-order chi connectivity index (χ1) is 17.9. The quantitative estimate of drug-likeness (QED) is 0.389. The Balaban J connectivity index is 1.14. The largest absolute Gasteiger partial charge is 0.612 e. The number of morpholine rings is 1. The van der Waals surface area contributed by atoms with E-state index >= 15 is 0 Å². The highest BCUT2D eigenvalue weighted by Crippen LogP contribution is 2.27. The SMILES string of the molecule is C[S+]([O-])c1cc(OCC(O)CCNC2CCN(c3ccc(C(=O)N4CCOCC4)cn3)CC2)ccc1O. The van der Waals surface area contributed by atoms with Gasteiger partial charge in [0.1, 0.15) is 24.4 Å². The summed E-state index contributed by atoms with van der Waals surface area (Å²) in [5, 5.41) is 23.6. The summed E-state index contributed by atoms with van der Waals surface area (Å²) < 4.78 is 22.6. The Labute approximate surface area is 220 Å². The molecule has 2 aromatic rings. The summed E-state index contributed by atoms with van der Waals surface area (Å²) in [4.78, 5) is 21.5. The molecule has 1 aromatic heterocycles. The molecule has 11 heteroatoms. The fourth-order valence-corrected chi connectivity index (χ4v) is 5.15. The number of carbonyl (C=O) groups excluding carboxylic acids is 1. The van der Waals surface area contributed by atoms with Crippen LogP contribution in [-0.4, -0.2) is 102 Å². The summed E-state index contributed by atoms with van der Waals surface area (Å²) in [6, 6.07) is 8.72. The Kier molecular flexibility index (Phi) is 9.87. The number of aromatic hydroxyl groups is 1. The number of pyridine rings is 1. The minimum Gasteiger partial charge on any atom is -0.612 e. The van der Waals surface area contributed by atoms with E-state index in [2.05, 4.69) is 15.2 Å². The molecule has 0 spiro atoms. The summed E-state index contributed by atoms with van der Waals surface area (Å²) in [7, 11) is 0. The minimum absolute atomic E-state index is 0.00283. The molecule has 2 unspecified atom stereocenters. The predicted octanol–water partition coefficient (Wildman–Crippen LogP) is 1.39. The fourth-order valence-electron chi connectivity index (χ4n) is 4.51. The third-order valence-electron chi connectivity index (χ3n) is 6.71. The first-order valence-electron chi connectivity index (χ1n) is 12.7. The molecule has 4 rings (SSSR count). The number of phenols is 1. The number of hydrogen-bond donors (Lipinski definition) is 3. The van der Waals surface area contributed by atoms with Gasteiger partial charge in [-0.15, -0.1) is 0 Å². The molecule has 2 saturated heterocycles. The van der Waals surface area contributed by atoms with Crippen molar-refractivity contribution in [3.05, 3.63) is 42.1 Å². The van der Waals surface area contributed by atoms with Crippen LogP contribution in [0.1, 0.15) is 29.6 Å². The van der Waals surface area contributed by atoms with Gasteiger partial charge in [-0.3, -0.25) is 4.79 Å². The summed E-state index contributed by atoms with van der Waals surface area (Å²) >= 11 is -1.32. The van der Waals surface area contributed by atoms with Gasteiger partial charge in [-0.2, -0.15) is 0 Å². The van der Waals surface area contributed by atoms with E-state index in [0.717, 1.165) is 31.7 Å². The van der Waals surface area contributed by atoms with Gasteiger partial charge in [0.05, 0.1) is 24.9 Å². The van der Waals surface area contributed by atoms with Gasteiger partial charge in [-0.1, -0.05) is 0 Å². The molecule has 2 fully saturated rings. The van der Waals surface area contributed by atoms with Gasteiger partial charge in [0.25, 0.3) is 5.91 Å². The summed E-state index contributed by atoms with van der Waals surface area (Å²) in [6.07, 6.45) is 5.00. The number of anilines is 1. The number of aliphatic hydroxyl groups excluding tert-OH is 1. The molecule has 0 bridgehead atoms. The number of benzene rings is 1.